The Kier molecular flexibility index (Phi) is 4.74. The van der Waals surface area contributed by atoms with Crippen LogP contribution in [0, 0.1) is 30.0 Å². The van der Waals surface area contributed by atoms with Gasteiger partial charge in [0.25, 0.3) is 5.91 Å². The number of hydrogen-bond acceptors (Lipinski definition) is 6. The number of rotatable bonds is 4. The van der Waals surface area contributed by atoms with Crippen molar-refractivity contribution in [2.45, 2.75) is 24.1 Å². The molecule has 4 rings (SSSR count). The van der Waals surface area contributed by atoms with Crippen molar-refractivity contribution in [1.82, 2.24) is 4.98 Å². The molecule has 3 atom stereocenters. The Morgan fingerprint density at radius 3 is 2.97 bits per heavy atom. The number of hydrogen-bond donors (Lipinski definition) is 2. The van der Waals surface area contributed by atoms with Crippen molar-refractivity contribution >= 4 is 28.5 Å². The summed E-state index contributed by atoms with van der Waals surface area (Å²) >= 11 is 1.39. The number of nitrogens with one attached hydrogen (secondary N) is 1. The van der Waals surface area contributed by atoms with Gasteiger partial charge in [0.1, 0.15) is 29.8 Å². The summed E-state index contributed by atoms with van der Waals surface area (Å²) in [6.07, 6.45) is 2.02. The molecule has 1 aromatic carbocycles. The van der Waals surface area contributed by atoms with Crippen LogP contribution in [0.25, 0.3) is 0 Å². The molecule has 1 unspecified atom stereocenters. The second-order valence-electron chi connectivity index (χ2n) is 7.16. The first kappa shape index (κ1) is 19.3. The monoisotopic (exact) mass is 413 g/mol. The molecule has 0 spiro atoms. The number of amides is 1. The van der Waals surface area contributed by atoms with E-state index in [0.717, 1.165) is 0 Å². The van der Waals surface area contributed by atoms with Crippen LogP contribution in [0.1, 0.15) is 33.6 Å². The number of nitrogens with zero attached hydrogens (tertiary/aromatic N) is 3. The van der Waals surface area contributed by atoms with Crippen molar-refractivity contribution in [1.29, 1.82) is 5.26 Å². The van der Waals surface area contributed by atoms with Crippen LogP contribution in [0.2, 0.25) is 0 Å². The maximum absolute atomic E-state index is 14.7. The van der Waals surface area contributed by atoms with Gasteiger partial charge in [-0.25, -0.2) is 18.8 Å². The Morgan fingerprint density at radius 1 is 1.48 bits per heavy atom. The molecule has 0 bridgehead atoms. The lowest BCUT2D eigenvalue weighted by atomic mass is 9.86. The lowest BCUT2D eigenvalue weighted by molar-refractivity contribution is 0.102. The summed E-state index contributed by atoms with van der Waals surface area (Å²) in [6.45, 7) is 0.793. The minimum atomic E-state index is -1.37. The SMILES string of the molecule is Cc1cc(C#N)cnc1C(=O)Nc1ccc(F)c([C@@]2(CF)N=C(N)SC3C[C@H]32)c1. The number of nitrogens with two attached hydrogens (primary N) is 1. The van der Waals surface area contributed by atoms with Gasteiger partial charge in [0.05, 0.1) is 5.56 Å². The van der Waals surface area contributed by atoms with Crippen molar-refractivity contribution in [3.63, 3.8) is 0 Å². The van der Waals surface area contributed by atoms with Gasteiger partial charge in [-0.15, -0.1) is 0 Å². The number of alkyl halides is 1. The zero-order valence-corrected chi connectivity index (χ0v) is 16.3. The fourth-order valence-electron chi connectivity index (χ4n) is 3.73. The van der Waals surface area contributed by atoms with Gasteiger partial charge in [-0.3, -0.25) is 4.79 Å². The van der Waals surface area contributed by atoms with Crippen LogP contribution in [-0.4, -0.2) is 28.0 Å². The van der Waals surface area contributed by atoms with Crippen molar-refractivity contribution in [3.8, 4) is 6.07 Å². The average molecular weight is 413 g/mol. The van der Waals surface area contributed by atoms with Gasteiger partial charge in [-0.05, 0) is 43.2 Å². The molecule has 1 aliphatic carbocycles. The van der Waals surface area contributed by atoms with Gasteiger partial charge >= 0.3 is 0 Å². The van der Waals surface area contributed by atoms with E-state index in [4.69, 9.17) is 11.0 Å². The van der Waals surface area contributed by atoms with Crippen LogP contribution >= 0.6 is 11.8 Å². The normalized spacial score (nSPS) is 24.8. The third-order valence-corrected chi connectivity index (χ3v) is 6.40. The molecule has 1 saturated carbocycles. The van der Waals surface area contributed by atoms with Crippen LogP contribution in [0.5, 0.6) is 0 Å². The molecule has 2 heterocycles. The zero-order valence-electron chi connectivity index (χ0n) is 15.4. The average Bonchev–Trinajstić information content (AvgIpc) is 3.48. The Hall–Kier alpha value is -2.99. The molecule has 1 amide bonds. The summed E-state index contributed by atoms with van der Waals surface area (Å²) in [5, 5.41) is 12.0. The Bertz CT molecular complexity index is 1080. The minimum absolute atomic E-state index is 0.0815. The fourth-order valence-corrected chi connectivity index (χ4v) is 4.94. The largest absolute Gasteiger partial charge is 0.379 e. The lowest BCUT2D eigenvalue weighted by Crippen LogP contribution is -2.36. The van der Waals surface area contributed by atoms with Gasteiger partial charge in [0.15, 0.2) is 5.17 Å². The molecular formula is C20H17F2N5OS. The molecule has 3 N–H and O–H groups in total. The van der Waals surface area contributed by atoms with Gasteiger partial charge < -0.3 is 11.1 Å². The lowest BCUT2D eigenvalue weighted by Gasteiger charge is -2.31. The van der Waals surface area contributed by atoms with E-state index in [1.165, 1.54) is 36.2 Å². The summed E-state index contributed by atoms with van der Waals surface area (Å²) in [7, 11) is 0. The third kappa shape index (κ3) is 3.34. The molecule has 2 aliphatic rings. The number of halogens is 2. The molecule has 1 aromatic heterocycles. The van der Waals surface area contributed by atoms with E-state index in [1.54, 1.807) is 13.0 Å². The first-order chi connectivity index (χ1) is 13.9. The quantitative estimate of drug-likeness (QED) is 0.801. The minimum Gasteiger partial charge on any atom is -0.379 e. The van der Waals surface area contributed by atoms with Crippen molar-refractivity contribution in [2.24, 2.45) is 16.6 Å². The molecule has 1 fully saturated rings. The molecule has 6 nitrogen and oxygen atoms in total. The van der Waals surface area contributed by atoms with Crippen LogP contribution < -0.4 is 11.1 Å². The van der Waals surface area contributed by atoms with E-state index in [1.807, 2.05) is 6.07 Å². The van der Waals surface area contributed by atoms with Gasteiger partial charge in [-0.1, -0.05) is 11.8 Å². The highest BCUT2D eigenvalue weighted by atomic mass is 32.2. The Balaban J connectivity index is 1.67. The number of nitriles is 1. The predicted octanol–water partition coefficient (Wildman–Crippen LogP) is 3.27. The van der Waals surface area contributed by atoms with E-state index in [9.17, 15) is 13.6 Å². The number of carbonyl (C=O) groups excluding carboxylic acids is 1. The first-order valence-electron chi connectivity index (χ1n) is 8.94. The summed E-state index contributed by atoms with van der Waals surface area (Å²) in [6, 6.07) is 7.51. The third-order valence-electron chi connectivity index (χ3n) is 5.24. The van der Waals surface area contributed by atoms with E-state index in [0.29, 0.717) is 23.2 Å². The maximum atomic E-state index is 14.7. The highest BCUT2D eigenvalue weighted by molar-refractivity contribution is 8.14. The second-order valence-corrected chi connectivity index (χ2v) is 8.42. The molecule has 148 valence electrons. The number of benzene rings is 1. The van der Waals surface area contributed by atoms with Gasteiger partial charge in [0, 0.05) is 28.6 Å². The number of aromatic nitrogens is 1. The van der Waals surface area contributed by atoms with Crippen LogP contribution in [0.4, 0.5) is 14.5 Å². The number of aryl methyl sites for hydroxylation is 1. The van der Waals surface area contributed by atoms with E-state index in [-0.39, 0.29) is 27.6 Å². The number of anilines is 1. The first-order valence-corrected chi connectivity index (χ1v) is 9.82. The van der Waals surface area contributed by atoms with Crippen molar-refractivity contribution < 1.29 is 13.6 Å². The number of fused-ring (bicyclic) bond motifs is 1. The number of pyridine rings is 1. The molecule has 0 saturated heterocycles. The summed E-state index contributed by atoms with van der Waals surface area (Å²) in [5.41, 5.74) is 5.89. The van der Waals surface area contributed by atoms with E-state index < -0.39 is 23.9 Å². The number of thioether (sulfide) groups is 1. The molecule has 2 aromatic rings. The standard InChI is InChI=1S/C20H17F2N5OS/c1-10-4-11(7-23)8-25-17(10)18(28)26-12-2-3-15(22)13(5-12)20(9-21)14-6-16(14)29-19(24)27-20/h2-5,8,14,16H,6,9H2,1H3,(H2,24,27)(H,26,28)/t14-,16?,20-/m1/s1. The number of aliphatic imine (C=N–C) groups is 1. The van der Waals surface area contributed by atoms with Crippen LogP contribution in [-0.2, 0) is 5.54 Å². The summed E-state index contributed by atoms with van der Waals surface area (Å²) in [4.78, 5) is 20.9. The molecule has 29 heavy (non-hydrogen) atoms. The number of amidine groups is 1. The Labute approximate surface area is 170 Å². The second kappa shape index (κ2) is 7.12. The zero-order chi connectivity index (χ0) is 20.8. The van der Waals surface area contributed by atoms with Crippen LogP contribution in [0.15, 0.2) is 35.5 Å². The predicted molar refractivity (Wildman–Crippen MR) is 107 cm³/mol. The molecule has 9 heteroatoms. The topological polar surface area (TPSA) is 104 Å². The van der Waals surface area contributed by atoms with E-state index >= 15 is 0 Å². The highest BCUT2D eigenvalue weighted by Crippen LogP contribution is 2.58. The van der Waals surface area contributed by atoms with Crippen molar-refractivity contribution in [3.05, 3.63) is 58.7 Å². The summed E-state index contributed by atoms with van der Waals surface area (Å²) < 4.78 is 28.8. The fraction of sp³-hybridized carbons (Fsp3) is 0.300. The van der Waals surface area contributed by atoms with Crippen molar-refractivity contribution in [2.75, 3.05) is 12.0 Å². The summed E-state index contributed by atoms with van der Waals surface area (Å²) in [5.74, 6) is -1.24. The molecule has 1 aliphatic heterocycles. The molecule has 0 radical (unpaired) electrons. The van der Waals surface area contributed by atoms with Crippen LogP contribution in [0.3, 0.4) is 0 Å². The smallest absolute Gasteiger partial charge is 0.274 e. The van der Waals surface area contributed by atoms with Gasteiger partial charge in [0.2, 0.25) is 0 Å². The van der Waals surface area contributed by atoms with E-state index in [2.05, 4.69) is 15.3 Å². The van der Waals surface area contributed by atoms with Gasteiger partial charge in [-0.2, -0.15) is 5.26 Å². The highest BCUT2D eigenvalue weighted by Gasteiger charge is 2.58. The maximum Gasteiger partial charge on any atom is 0.274 e. The number of carbonyl (C=O) groups is 1. The Morgan fingerprint density at radius 2 is 2.28 bits per heavy atom. The molecular weight excluding hydrogens is 396 g/mol.